The van der Waals surface area contributed by atoms with Crippen LogP contribution in [0, 0.1) is 0 Å². The number of piperidine rings is 1. The Hall–Kier alpha value is -2.96. The van der Waals surface area contributed by atoms with Gasteiger partial charge in [-0.2, -0.15) is 0 Å². The Kier molecular flexibility index (Phi) is 4.75. The van der Waals surface area contributed by atoms with Gasteiger partial charge in [0, 0.05) is 31.7 Å². The number of aromatic nitrogens is 4. The molecule has 0 spiro atoms. The lowest BCUT2D eigenvalue weighted by molar-refractivity contribution is 0.0704. The van der Waals surface area contributed by atoms with Gasteiger partial charge in [-0.15, -0.1) is 0 Å². The molecule has 1 fully saturated rings. The van der Waals surface area contributed by atoms with E-state index in [1.54, 1.807) is 6.07 Å². The van der Waals surface area contributed by atoms with E-state index in [-0.39, 0.29) is 17.8 Å². The lowest BCUT2D eigenvalue weighted by atomic mass is 9.95. The molecule has 1 aliphatic heterocycles. The average Bonchev–Trinajstić information content (AvgIpc) is 3.04. The number of aryl methyl sites for hydroxylation is 1. The van der Waals surface area contributed by atoms with Crippen molar-refractivity contribution in [3.63, 3.8) is 0 Å². The monoisotopic (exact) mass is 378 g/mol. The Balaban J connectivity index is 1.49. The molecular weight excluding hydrogens is 352 g/mol. The minimum Gasteiger partial charge on any atom is -0.368 e. The number of para-hydroxylation sites is 2. The van der Waals surface area contributed by atoms with Crippen molar-refractivity contribution in [1.82, 2.24) is 24.4 Å². The van der Waals surface area contributed by atoms with Crippen LogP contribution in [0.25, 0.3) is 11.0 Å². The van der Waals surface area contributed by atoms with Crippen molar-refractivity contribution >= 4 is 22.9 Å². The molecule has 3 aromatic rings. The first-order valence-electron chi connectivity index (χ1n) is 9.79. The summed E-state index contributed by atoms with van der Waals surface area (Å²) in [5.74, 6) is 1.73. The number of nitrogens with zero attached hydrogens (tertiary/aromatic N) is 5. The molecule has 1 aromatic carbocycles. The maximum Gasteiger partial charge on any atom is 0.272 e. The van der Waals surface area contributed by atoms with Crippen LogP contribution in [0.1, 0.15) is 60.5 Å². The molecule has 3 heterocycles. The number of rotatable bonds is 3. The number of hydrogen-bond donors (Lipinski definition) is 1. The van der Waals surface area contributed by atoms with E-state index in [4.69, 9.17) is 10.7 Å². The van der Waals surface area contributed by atoms with Crippen molar-refractivity contribution < 1.29 is 4.79 Å². The van der Waals surface area contributed by atoms with Gasteiger partial charge in [0.05, 0.1) is 11.0 Å². The molecule has 146 valence electrons. The molecule has 7 heteroatoms. The van der Waals surface area contributed by atoms with Gasteiger partial charge in [0.2, 0.25) is 5.95 Å². The minimum absolute atomic E-state index is 0.0700. The molecule has 2 N–H and O–H groups in total. The number of hydrogen-bond acceptors (Lipinski definition) is 5. The Labute approximate surface area is 164 Å². The Morgan fingerprint density at radius 1 is 1.14 bits per heavy atom. The first kappa shape index (κ1) is 18.4. The Morgan fingerprint density at radius 3 is 2.54 bits per heavy atom. The molecule has 0 radical (unpaired) electrons. The van der Waals surface area contributed by atoms with Crippen LogP contribution in [-0.2, 0) is 7.05 Å². The summed E-state index contributed by atoms with van der Waals surface area (Å²) < 4.78 is 2.18. The number of imidazole rings is 1. The van der Waals surface area contributed by atoms with Crippen LogP contribution in [0.15, 0.2) is 30.3 Å². The summed E-state index contributed by atoms with van der Waals surface area (Å²) in [4.78, 5) is 28.0. The highest BCUT2D eigenvalue weighted by Crippen LogP contribution is 2.30. The summed E-state index contributed by atoms with van der Waals surface area (Å²) in [6.45, 7) is 5.43. The van der Waals surface area contributed by atoms with Crippen molar-refractivity contribution in [1.29, 1.82) is 0 Å². The van der Waals surface area contributed by atoms with Crippen LogP contribution < -0.4 is 5.73 Å². The molecule has 1 amide bonds. The van der Waals surface area contributed by atoms with E-state index in [9.17, 15) is 4.79 Å². The topological polar surface area (TPSA) is 89.9 Å². The molecule has 0 aliphatic carbocycles. The summed E-state index contributed by atoms with van der Waals surface area (Å²) in [5.41, 5.74) is 9.17. The van der Waals surface area contributed by atoms with E-state index >= 15 is 0 Å². The van der Waals surface area contributed by atoms with Gasteiger partial charge in [-0.1, -0.05) is 26.0 Å². The summed E-state index contributed by atoms with van der Waals surface area (Å²) >= 11 is 0. The zero-order valence-electron chi connectivity index (χ0n) is 16.6. The average molecular weight is 378 g/mol. The van der Waals surface area contributed by atoms with Gasteiger partial charge in [-0.05, 0) is 37.0 Å². The van der Waals surface area contributed by atoms with E-state index < -0.39 is 0 Å². The van der Waals surface area contributed by atoms with Gasteiger partial charge in [0.25, 0.3) is 5.91 Å². The van der Waals surface area contributed by atoms with E-state index in [1.165, 1.54) is 0 Å². The molecular formula is C21H26N6O. The second kappa shape index (κ2) is 7.22. The fourth-order valence-electron chi connectivity index (χ4n) is 3.92. The normalized spacial score (nSPS) is 15.5. The number of carbonyl (C=O) groups excluding carboxylic acids is 1. The van der Waals surface area contributed by atoms with Crippen molar-refractivity contribution in [3.05, 3.63) is 47.5 Å². The number of fused-ring (bicyclic) bond motifs is 1. The molecule has 28 heavy (non-hydrogen) atoms. The SMILES string of the molecule is CC(C)c1cc(C(=O)N2CCC(c3nc4ccccc4n3C)CC2)nc(N)n1. The number of likely N-dealkylation sites (tertiary alicyclic amines) is 1. The highest BCUT2D eigenvalue weighted by molar-refractivity contribution is 5.92. The highest BCUT2D eigenvalue weighted by Gasteiger charge is 2.28. The zero-order valence-corrected chi connectivity index (χ0v) is 16.6. The number of nitrogens with two attached hydrogens (primary N) is 1. The third-order valence-electron chi connectivity index (χ3n) is 5.54. The van der Waals surface area contributed by atoms with Crippen LogP contribution in [-0.4, -0.2) is 43.4 Å². The molecule has 0 bridgehead atoms. The van der Waals surface area contributed by atoms with E-state index in [1.807, 2.05) is 36.9 Å². The van der Waals surface area contributed by atoms with E-state index in [2.05, 4.69) is 27.6 Å². The zero-order chi connectivity index (χ0) is 19.8. The third kappa shape index (κ3) is 3.32. The molecule has 1 aliphatic rings. The van der Waals surface area contributed by atoms with Gasteiger partial charge < -0.3 is 15.2 Å². The van der Waals surface area contributed by atoms with Crippen molar-refractivity contribution in [2.45, 2.75) is 38.5 Å². The van der Waals surface area contributed by atoms with Gasteiger partial charge in [0.15, 0.2) is 0 Å². The maximum atomic E-state index is 12.9. The van der Waals surface area contributed by atoms with Crippen LogP contribution in [0.4, 0.5) is 5.95 Å². The second-order valence-electron chi connectivity index (χ2n) is 7.78. The van der Waals surface area contributed by atoms with Crippen molar-refractivity contribution in [2.24, 2.45) is 7.05 Å². The molecule has 0 unspecified atom stereocenters. The summed E-state index contributed by atoms with van der Waals surface area (Å²) in [5, 5.41) is 0. The van der Waals surface area contributed by atoms with Crippen molar-refractivity contribution in [3.8, 4) is 0 Å². The predicted molar refractivity (Wildman–Crippen MR) is 109 cm³/mol. The largest absolute Gasteiger partial charge is 0.368 e. The van der Waals surface area contributed by atoms with Crippen LogP contribution in [0.5, 0.6) is 0 Å². The van der Waals surface area contributed by atoms with E-state index in [0.29, 0.717) is 24.7 Å². The molecule has 0 saturated carbocycles. The van der Waals surface area contributed by atoms with Gasteiger partial charge in [-0.25, -0.2) is 15.0 Å². The summed E-state index contributed by atoms with van der Waals surface area (Å²) in [6, 6.07) is 9.95. The minimum atomic E-state index is -0.0700. The maximum absolute atomic E-state index is 12.9. The quantitative estimate of drug-likeness (QED) is 0.756. The molecule has 0 atom stereocenters. The Bertz CT molecular complexity index is 1020. The lowest BCUT2D eigenvalue weighted by Crippen LogP contribution is -2.39. The van der Waals surface area contributed by atoms with Gasteiger partial charge in [-0.3, -0.25) is 4.79 Å². The number of anilines is 1. The van der Waals surface area contributed by atoms with Crippen LogP contribution in [0.3, 0.4) is 0 Å². The summed E-state index contributed by atoms with van der Waals surface area (Å²) in [6.07, 6.45) is 1.78. The molecule has 4 rings (SSSR count). The fraction of sp³-hybridized carbons (Fsp3) is 0.429. The smallest absolute Gasteiger partial charge is 0.272 e. The first-order valence-corrected chi connectivity index (χ1v) is 9.79. The molecule has 7 nitrogen and oxygen atoms in total. The van der Waals surface area contributed by atoms with Crippen LogP contribution in [0.2, 0.25) is 0 Å². The number of benzene rings is 1. The lowest BCUT2D eigenvalue weighted by Gasteiger charge is -2.31. The van der Waals surface area contributed by atoms with Crippen LogP contribution >= 0.6 is 0 Å². The first-order chi connectivity index (χ1) is 13.4. The second-order valence-corrected chi connectivity index (χ2v) is 7.78. The van der Waals surface area contributed by atoms with E-state index in [0.717, 1.165) is 35.4 Å². The molecule has 1 saturated heterocycles. The number of carbonyl (C=O) groups is 1. The highest BCUT2D eigenvalue weighted by atomic mass is 16.2. The Morgan fingerprint density at radius 2 is 1.86 bits per heavy atom. The fourth-order valence-corrected chi connectivity index (χ4v) is 3.92. The number of nitrogen functional groups attached to an aromatic ring is 1. The standard InChI is InChI=1S/C21H26N6O/c1-13(2)16-12-17(25-21(22)24-16)20(28)27-10-8-14(9-11-27)19-23-15-6-4-5-7-18(15)26(19)3/h4-7,12-14H,8-11H2,1-3H3,(H2,22,24,25). The molecule has 2 aromatic heterocycles. The summed E-state index contributed by atoms with van der Waals surface area (Å²) in [7, 11) is 2.07. The third-order valence-corrected chi connectivity index (χ3v) is 5.54. The number of amides is 1. The van der Waals surface area contributed by atoms with Crippen molar-refractivity contribution in [2.75, 3.05) is 18.8 Å². The van der Waals surface area contributed by atoms with Gasteiger partial charge in [0.1, 0.15) is 11.5 Å². The predicted octanol–water partition coefficient (Wildman–Crippen LogP) is 3.09. The van der Waals surface area contributed by atoms with Gasteiger partial charge >= 0.3 is 0 Å².